The Morgan fingerprint density at radius 2 is 1.68 bits per heavy atom. The molecule has 2 N–H and O–H groups in total. The van der Waals surface area contributed by atoms with E-state index in [1.165, 1.54) is 24.4 Å². The largest absolute Gasteiger partial charge is 0.489 e. The summed E-state index contributed by atoms with van der Waals surface area (Å²) in [5.41, 5.74) is 4.08. The highest BCUT2D eigenvalue weighted by Crippen LogP contribution is 2.16. The van der Waals surface area contributed by atoms with E-state index < -0.39 is 24.1 Å². The molecule has 3 aromatic carbocycles. The van der Waals surface area contributed by atoms with Gasteiger partial charge in [0.25, 0.3) is 0 Å². The standard InChI is InChI=1S/C23H19BrFN3O3/c24-18-9-5-17(6-10-18)15-31-19-11-7-16(8-12-19)14-26-28-23(30)13-22(29)27-21-4-2-1-3-20(21)25/h1-12,14H,13,15H2,(H,27,29)(H,28,30). The maximum absolute atomic E-state index is 13.5. The molecule has 0 saturated heterocycles. The summed E-state index contributed by atoms with van der Waals surface area (Å²) in [5, 5.41) is 6.17. The third-order valence-corrected chi connectivity index (χ3v) is 4.60. The molecule has 0 heterocycles. The molecule has 2 amide bonds. The molecule has 0 aliphatic carbocycles. The Kier molecular flexibility index (Phi) is 7.89. The van der Waals surface area contributed by atoms with Crippen LogP contribution in [0.5, 0.6) is 5.75 Å². The number of carbonyl (C=O) groups excluding carboxylic acids is 2. The fourth-order valence-corrected chi connectivity index (χ4v) is 2.78. The number of hydrogen-bond donors (Lipinski definition) is 2. The van der Waals surface area contributed by atoms with Crippen molar-refractivity contribution in [3.8, 4) is 5.75 Å². The number of halogens is 2. The van der Waals surface area contributed by atoms with Gasteiger partial charge in [-0.05, 0) is 59.7 Å². The average molecular weight is 484 g/mol. The van der Waals surface area contributed by atoms with E-state index in [1.807, 2.05) is 24.3 Å². The van der Waals surface area contributed by atoms with Gasteiger partial charge in [0.2, 0.25) is 11.8 Å². The molecule has 0 atom stereocenters. The number of benzene rings is 3. The fourth-order valence-electron chi connectivity index (χ4n) is 2.52. The lowest BCUT2D eigenvalue weighted by Crippen LogP contribution is -2.24. The molecular weight excluding hydrogens is 465 g/mol. The third kappa shape index (κ3) is 7.35. The lowest BCUT2D eigenvalue weighted by molar-refractivity contribution is -0.126. The fraction of sp³-hybridized carbons (Fsp3) is 0.0870. The monoisotopic (exact) mass is 483 g/mol. The van der Waals surface area contributed by atoms with Crippen LogP contribution in [0.4, 0.5) is 10.1 Å². The Morgan fingerprint density at radius 1 is 0.968 bits per heavy atom. The number of para-hydroxylation sites is 1. The number of nitrogens with zero attached hydrogens (tertiary/aromatic N) is 1. The summed E-state index contributed by atoms with van der Waals surface area (Å²) in [4.78, 5) is 23.6. The smallest absolute Gasteiger partial charge is 0.249 e. The first-order valence-corrected chi connectivity index (χ1v) is 10.1. The van der Waals surface area contributed by atoms with E-state index >= 15 is 0 Å². The zero-order chi connectivity index (χ0) is 22.1. The molecule has 0 saturated carbocycles. The molecular formula is C23H19BrFN3O3. The van der Waals surface area contributed by atoms with E-state index in [-0.39, 0.29) is 5.69 Å². The summed E-state index contributed by atoms with van der Waals surface area (Å²) >= 11 is 3.39. The third-order valence-electron chi connectivity index (χ3n) is 4.07. The molecule has 0 bridgehead atoms. The number of carbonyl (C=O) groups is 2. The number of nitrogens with one attached hydrogen (secondary N) is 2. The summed E-state index contributed by atoms with van der Waals surface area (Å²) < 4.78 is 20.2. The average Bonchev–Trinajstić information content (AvgIpc) is 2.76. The second-order valence-electron chi connectivity index (χ2n) is 6.48. The zero-order valence-corrected chi connectivity index (χ0v) is 17.9. The van der Waals surface area contributed by atoms with Gasteiger partial charge in [-0.3, -0.25) is 9.59 Å². The molecule has 3 rings (SSSR count). The number of hydrogen-bond acceptors (Lipinski definition) is 4. The van der Waals surface area contributed by atoms with E-state index in [0.717, 1.165) is 15.6 Å². The van der Waals surface area contributed by atoms with Gasteiger partial charge in [-0.1, -0.05) is 40.2 Å². The van der Waals surface area contributed by atoms with Crippen molar-refractivity contribution in [1.82, 2.24) is 5.43 Å². The van der Waals surface area contributed by atoms with Crippen LogP contribution in [0.3, 0.4) is 0 Å². The molecule has 0 spiro atoms. The molecule has 0 unspecified atom stereocenters. The van der Waals surface area contributed by atoms with Gasteiger partial charge in [0.15, 0.2) is 0 Å². The Morgan fingerprint density at radius 3 is 2.39 bits per heavy atom. The van der Waals surface area contributed by atoms with Crippen molar-refractivity contribution < 1.29 is 18.7 Å². The number of ether oxygens (including phenoxy) is 1. The molecule has 0 radical (unpaired) electrons. The number of anilines is 1. The van der Waals surface area contributed by atoms with Crippen LogP contribution < -0.4 is 15.5 Å². The second-order valence-corrected chi connectivity index (χ2v) is 7.40. The summed E-state index contributed by atoms with van der Waals surface area (Å²) in [7, 11) is 0. The lowest BCUT2D eigenvalue weighted by Gasteiger charge is -2.07. The molecule has 0 aliphatic heterocycles. The highest BCUT2D eigenvalue weighted by atomic mass is 79.9. The second kappa shape index (κ2) is 11.0. The number of hydrazone groups is 1. The zero-order valence-electron chi connectivity index (χ0n) is 16.3. The topological polar surface area (TPSA) is 79.8 Å². The lowest BCUT2D eigenvalue weighted by atomic mass is 10.2. The first-order chi connectivity index (χ1) is 15.0. The molecule has 0 fully saturated rings. The van der Waals surface area contributed by atoms with Gasteiger partial charge in [0.1, 0.15) is 24.6 Å². The van der Waals surface area contributed by atoms with Crippen LogP contribution in [0.2, 0.25) is 0 Å². The summed E-state index contributed by atoms with van der Waals surface area (Å²) in [5.74, 6) is -1.11. The quantitative estimate of drug-likeness (QED) is 0.278. The van der Waals surface area contributed by atoms with Crippen molar-refractivity contribution in [3.05, 3.63) is 94.2 Å². The number of rotatable bonds is 8. The van der Waals surface area contributed by atoms with Crippen molar-refractivity contribution >= 4 is 39.6 Å². The highest BCUT2D eigenvalue weighted by molar-refractivity contribution is 9.10. The molecule has 6 nitrogen and oxygen atoms in total. The predicted molar refractivity (Wildman–Crippen MR) is 120 cm³/mol. The van der Waals surface area contributed by atoms with E-state index in [2.05, 4.69) is 31.8 Å². The van der Waals surface area contributed by atoms with E-state index in [1.54, 1.807) is 30.3 Å². The van der Waals surface area contributed by atoms with Gasteiger partial charge >= 0.3 is 0 Å². The van der Waals surface area contributed by atoms with Crippen molar-refractivity contribution in [2.24, 2.45) is 5.10 Å². The molecule has 158 valence electrons. The van der Waals surface area contributed by atoms with E-state index in [9.17, 15) is 14.0 Å². The summed E-state index contributed by atoms with van der Waals surface area (Å²) in [6, 6.07) is 20.8. The van der Waals surface area contributed by atoms with Crippen LogP contribution in [0, 0.1) is 5.82 Å². The Balaban J connectivity index is 1.42. The maximum Gasteiger partial charge on any atom is 0.249 e. The normalized spacial score (nSPS) is 10.6. The molecule has 0 aliphatic rings. The molecule has 8 heteroatoms. The van der Waals surface area contributed by atoms with Crippen molar-refractivity contribution in [2.45, 2.75) is 13.0 Å². The molecule has 0 aromatic heterocycles. The van der Waals surface area contributed by atoms with Crippen LogP contribution in [0.25, 0.3) is 0 Å². The van der Waals surface area contributed by atoms with Crippen molar-refractivity contribution in [3.63, 3.8) is 0 Å². The Labute approximate surface area is 187 Å². The van der Waals surface area contributed by atoms with Gasteiger partial charge in [-0.2, -0.15) is 5.10 Å². The summed E-state index contributed by atoms with van der Waals surface area (Å²) in [6.45, 7) is 0.450. The maximum atomic E-state index is 13.5. The van der Waals surface area contributed by atoms with E-state index in [0.29, 0.717) is 12.4 Å². The number of amides is 2. The van der Waals surface area contributed by atoms with Crippen molar-refractivity contribution in [2.75, 3.05) is 5.32 Å². The first kappa shape index (κ1) is 22.2. The van der Waals surface area contributed by atoms with E-state index in [4.69, 9.17) is 4.74 Å². The summed E-state index contributed by atoms with van der Waals surface area (Å²) in [6.07, 6.45) is 0.972. The Hall–Kier alpha value is -3.52. The van der Waals surface area contributed by atoms with Gasteiger partial charge in [-0.15, -0.1) is 0 Å². The van der Waals surface area contributed by atoms with Crippen LogP contribution in [-0.4, -0.2) is 18.0 Å². The van der Waals surface area contributed by atoms with Gasteiger partial charge in [-0.25, -0.2) is 9.82 Å². The first-order valence-electron chi connectivity index (χ1n) is 9.33. The van der Waals surface area contributed by atoms with Gasteiger partial charge in [0.05, 0.1) is 11.9 Å². The Bertz CT molecular complexity index is 1070. The molecule has 3 aromatic rings. The minimum Gasteiger partial charge on any atom is -0.489 e. The van der Waals surface area contributed by atoms with Crippen LogP contribution in [0.1, 0.15) is 17.5 Å². The predicted octanol–water partition coefficient (Wildman–Crippen LogP) is 4.65. The highest BCUT2D eigenvalue weighted by Gasteiger charge is 2.10. The van der Waals surface area contributed by atoms with Crippen molar-refractivity contribution in [1.29, 1.82) is 0 Å². The minimum absolute atomic E-state index is 0.0197. The van der Waals surface area contributed by atoms with Crippen LogP contribution >= 0.6 is 15.9 Å². The van der Waals surface area contributed by atoms with Gasteiger partial charge < -0.3 is 10.1 Å². The van der Waals surface area contributed by atoms with Crippen LogP contribution in [-0.2, 0) is 16.2 Å². The molecule has 31 heavy (non-hydrogen) atoms. The van der Waals surface area contributed by atoms with Gasteiger partial charge in [0, 0.05) is 4.47 Å². The minimum atomic E-state index is -0.634. The van der Waals surface area contributed by atoms with Crippen LogP contribution in [0.15, 0.2) is 82.4 Å². The SMILES string of the molecule is O=C(CC(=O)Nc1ccccc1F)NN=Cc1ccc(OCc2ccc(Br)cc2)cc1.